The Kier molecular flexibility index (Phi) is 3.33. The average Bonchev–Trinajstić information content (AvgIpc) is 2.13. The zero-order chi connectivity index (χ0) is 10.0. The molecule has 0 heterocycles. The molecule has 1 rings (SSSR count). The molecule has 1 aromatic carbocycles. The number of ketones is 1. The molecule has 1 N–H and O–H groups in total. The molecule has 70 valence electrons. The minimum Gasteiger partial charge on any atom is -0.508 e. The number of halogens is 2. The van der Waals surface area contributed by atoms with Gasteiger partial charge in [0.05, 0.1) is 5.88 Å². The first-order chi connectivity index (χ1) is 6.07. The first kappa shape index (κ1) is 10.5. The number of carbonyl (C=O) groups excluding carboxylic acids is 1. The fourth-order valence-electron chi connectivity index (χ4n) is 0.962. The van der Waals surface area contributed by atoms with Crippen molar-refractivity contribution < 1.29 is 9.90 Å². The van der Waals surface area contributed by atoms with Gasteiger partial charge in [0.2, 0.25) is 0 Å². The molecule has 0 saturated heterocycles. The lowest BCUT2D eigenvalue weighted by atomic mass is 10.1. The van der Waals surface area contributed by atoms with Crippen molar-refractivity contribution in [2.75, 3.05) is 5.88 Å². The molecular weight excluding hydrogens is 255 g/mol. The molecule has 0 aliphatic carbocycles. The van der Waals surface area contributed by atoms with Gasteiger partial charge in [0.15, 0.2) is 5.78 Å². The minimum absolute atomic E-state index is 0.0528. The smallest absolute Gasteiger partial charge is 0.178 e. The van der Waals surface area contributed by atoms with Gasteiger partial charge in [-0.2, -0.15) is 0 Å². The number of phenolic OH excluding ortho intramolecular Hbond substituents is 1. The Labute approximate surface area is 89.7 Å². The number of hydrogen-bond donors (Lipinski definition) is 1. The Bertz CT molecular complexity index is 350. The number of alkyl halides is 1. The summed E-state index contributed by atoms with van der Waals surface area (Å²) < 4.78 is 0.609. The van der Waals surface area contributed by atoms with Crippen LogP contribution in [0.3, 0.4) is 0 Å². The zero-order valence-electron chi connectivity index (χ0n) is 6.97. The van der Waals surface area contributed by atoms with Crippen LogP contribution < -0.4 is 0 Å². The fraction of sp³-hybridized carbons (Fsp3) is 0.222. The molecule has 0 aliphatic heterocycles. The molecule has 0 radical (unpaired) electrons. The van der Waals surface area contributed by atoms with E-state index in [1.165, 1.54) is 6.07 Å². The normalized spacial score (nSPS) is 10.1. The van der Waals surface area contributed by atoms with Crippen molar-refractivity contribution in [3.05, 3.63) is 27.7 Å². The van der Waals surface area contributed by atoms with Gasteiger partial charge in [-0.1, -0.05) is 0 Å². The van der Waals surface area contributed by atoms with E-state index < -0.39 is 0 Å². The Morgan fingerprint density at radius 2 is 2.23 bits per heavy atom. The molecule has 0 saturated carbocycles. The van der Waals surface area contributed by atoms with Crippen LogP contribution in [0.1, 0.15) is 15.9 Å². The van der Waals surface area contributed by atoms with E-state index in [0.29, 0.717) is 15.6 Å². The van der Waals surface area contributed by atoms with Crippen LogP contribution in [0, 0.1) is 6.92 Å². The second kappa shape index (κ2) is 4.11. The molecule has 2 nitrogen and oxygen atoms in total. The summed E-state index contributed by atoms with van der Waals surface area (Å²) in [6.45, 7) is 1.73. The lowest BCUT2D eigenvalue weighted by Crippen LogP contribution is -2.02. The maximum atomic E-state index is 11.3. The summed E-state index contributed by atoms with van der Waals surface area (Å²) in [6.07, 6.45) is 0. The van der Waals surface area contributed by atoms with E-state index in [-0.39, 0.29) is 17.4 Å². The van der Waals surface area contributed by atoms with Crippen LogP contribution in [0.15, 0.2) is 16.6 Å². The number of hydrogen-bond acceptors (Lipinski definition) is 2. The second-order valence-corrected chi connectivity index (χ2v) is 3.69. The number of phenols is 1. The SMILES string of the molecule is Cc1c(O)ccc(C(=O)CCl)c1Br. The summed E-state index contributed by atoms with van der Waals surface area (Å²) >= 11 is 8.65. The lowest BCUT2D eigenvalue weighted by molar-refractivity contribution is 0.102. The Balaban J connectivity index is 3.26. The summed E-state index contributed by atoms with van der Waals surface area (Å²) in [6, 6.07) is 3.04. The van der Waals surface area contributed by atoms with Crippen LogP contribution in [-0.4, -0.2) is 16.8 Å². The lowest BCUT2D eigenvalue weighted by Gasteiger charge is -2.05. The van der Waals surface area contributed by atoms with Gasteiger partial charge in [0.25, 0.3) is 0 Å². The third kappa shape index (κ3) is 2.03. The third-order valence-corrected chi connectivity index (χ3v) is 3.04. The Morgan fingerprint density at radius 3 is 2.77 bits per heavy atom. The predicted octanol–water partition coefficient (Wildman–Crippen LogP) is 2.88. The molecule has 0 spiro atoms. The zero-order valence-corrected chi connectivity index (χ0v) is 9.32. The molecule has 0 aromatic heterocycles. The van der Waals surface area contributed by atoms with Crippen LogP contribution in [0.5, 0.6) is 5.75 Å². The van der Waals surface area contributed by atoms with Gasteiger partial charge < -0.3 is 5.11 Å². The van der Waals surface area contributed by atoms with E-state index in [2.05, 4.69) is 15.9 Å². The standard InChI is InChI=1S/C9H8BrClO2/c1-5-7(12)3-2-6(9(5)10)8(13)4-11/h2-3,12H,4H2,1H3. The van der Waals surface area contributed by atoms with Crippen molar-refractivity contribution >= 4 is 33.3 Å². The molecule has 1 aromatic rings. The number of carbonyl (C=O) groups is 1. The summed E-state index contributed by atoms with van der Waals surface area (Å²) in [4.78, 5) is 11.3. The van der Waals surface area contributed by atoms with Gasteiger partial charge >= 0.3 is 0 Å². The van der Waals surface area contributed by atoms with Crippen LogP contribution in [-0.2, 0) is 0 Å². The van der Waals surface area contributed by atoms with E-state index in [1.54, 1.807) is 13.0 Å². The second-order valence-electron chi connectivity index (χ2n) is 2.63. The van der Waals surface area contributed by atoms with Crippen molar-refractivity contribution in [1.29, 1.82) is 0 Å². The van der Waals surface area contributed by atoms with Crippen LogP contribution in [0.2, 0.25) is 0 Å². The highest BCUT2D eigenvalue weighted by Crippen LogP contribution is 2.28. The molecule has 4 heteroatoms. The largest absolute Gasteiger partial charge is 0.508 e. The topological polar surface area (TPSA) is 37.3 Å². The van der Waals surface area contributed by atoms with Gasteiger partial charge in [-0.05, 0) is 35.0 Å². The summed E-state index contributed by atoms with van der Waals surface area (Å²) in [5.41, 5.74) is 1.15. The number of rotatable bonds is 2. The molecule has 0 aliphatic rings. The van der Waals surface area contributed by atoms with Gasteiger partial charge in [-0.15, -0.1) is 11.6 Å². The van der Waals surface area contributed by atoms with Crippen LogP contribution >= 0.6 is 27.5 Å². The van der Waals surface area contributed by atoms with Gasteiger partial charge in [0.1, 0.15) is 5.75 Å². The minimum atomic E-state index is -0.156. The van der Waals surface area contributed by atoms with Gasteiger partial charge in [0, 0.05) is 15.6 Å². The van der Waals surface area contributed by atoms with Crippen molar-refractivity contribution in [1.82, 2.24) is 0 Å². The summed E-state index contributed by atoms with van der Waals surface area (Å²) in [7, 11) is 0. The van der Waals surface area contributed by atoms with E-state index in [1.807, 2.05) is 0 Å². The molecule has 0 bridgehead atoms. The predicted molar refractivity (Wildman–Crippen MR) is 55.6 cm³/mol. The molecule has 0 atom stereocenters. The highest BCUT2D eigenvalue weighted by atomic mass is 79.9. The molecule has 0 amide bonds. The van der Waals surface area contributed by atoms with E-state index in [0.717, 1.165) is 0 Å². The van der Waals surface area contributed by atoms with Crippen LogP contribution in [0.4, 0.5) is 0 Å². The fourth-order valence-corrected chi connectivity index (χ4v) is 1.66. The highest BCUT2D eigenvalue weighted by Gasteiger charge is 2.12. The first-order valence-corrected chi connectivity index (χ1v) is 4.98. The van der Waals surface area contributed by atoms with Crippen molar-refractivity contribution in [3.8, 4) is 5.75 Å². The number of aromatic hydroxyl groups is 1. The molecular formula is C9H8BrClO2. The van der Waals surface area contributed by atoms with E-state index >= 15 is 0 Å². The number of Topliss-reactive ketones (excluding diaryl/α,β-unsaturated/α-hetero) is 1. The van der Waals surface area contributed by atoms with Gasteiger partial charge in [-0.25, -0.2) is 0 Å². The average molecular weight is 264 g/mol. The maximum absolute atomic E-state index is 11.3. The van der Waals surface area contributed by atoms with E-state index in [4.69, 9.17) is 11.6 Å². The third-order valence-electron chi connectivity index (χ3n) is 1.78. The Morgan fingerprint density at radius 1 is 1.62 bits per heavy atom. The van der Waals surface area contributed by atoms with Crippen LogP contribution in [0.25, 0.3) is 0 Å². The molecule has 0 fully saturated rings. The molecule has 0 unspecified atom stereocenters. The number of benzene rings is 1. The first-order valence-electron chi connectivity index (χ1n) is 3.65. The van der Waals surface area contributed by atoms with E-state index in [9.17, 15) is 9.90 Å². The highest BCUT2D eigenvalue weighted by molar-refractivity contribution is 9.10. The Hall–Kier alpha value is -0.540. The van der Waals surface area contributed by atoms with Crippen molar-refractivity contribution in [3.63, 3.8) is 0 Å². The summed E-state index contributed by atoms with van der Waals surface area (Å²) in [5, 5.41) is 9.30. The van der Waals surface area contributed by atoms with Crippen molar-refractivity contribution in [2.45, 2.75) is 6.92 Å². The van der Waals surface area contributed by atoms with Gasteiger partial charge in [-0.3, -0.25) is 4.79 Å². The van der Waals surface area contributed by atoms with Crippen molar-refractivity contribution in [2.24, 2.45) is 0 Å². The monoisotopic (exact) mass is 262 g/mol. The summed E-state index contributed by atoms with van der Waals surface area (Å²) in [5.74, 6) is -0.0438. The maximum Gasteiger partial charge on any atom is 0.178 e. The quantitative estimate of drug-likeness (QED) is 0.658. The molecule has 13 heavy (non-hydrogen) atoms.